The van der Waals surface area contributed by atoms with Crippen LogP contribution in [0.3, 0.4) is 0 Å². The fourth-order valence-electron chi connectivity index (χ4n) is 4.95. The highest BCUT2D eigenvalue weighted by Gasteiger charge is 2.44. The number of aromatic nitrogens is 1. The lowest BCUT2D eigenvalue weighted by Crippen LogP contribution is -2.42. The second-order valence-corrected chi connectivity index (χ2v) is 8.83. The molecule has 3 rings (SSSR count). The van der Waals surface area contributed by atoms with E-state index in [9.17, 15) is 4.79 Å². The second-order valence-electron chi connectivity index (χ2n) is 7.93. The number of rotatable bonds is 4. The van der Waals surface area contributed by atoms with Gasteiger partial charge in [-0.2, -0.15) is 0 Å². The predicted molar refractivity (Wildman–Crippen MR) is 91.2 cm³/mol. The Morgan fingerprint density at radius 2 is 2.32 bits per heavy atom. The Bertz CT molecular complexity index is 518. The van der Waals surface area contributed by atoms with Crippen molar-refractivity contribution in [3.8, 4) is 0 Å². The predicted octanol–water partition coefficient (Wildman–Crippen LogP) is 4.65. The van der Waals surface area contributed by atoms with Gasteiger partial charge < -0.3 is 5.32 Å². The van der Waals surface area contributed by atoms with Gasteiger partial charge in [0.1, 0.15) is 0 Å². The third-order valence-corrected chi connectivity index (χ3v) is 6.16. The van der Waals surface area contributed by atoms with Gasteiger partial charge >= 0.3 is 6.03 Å². The first kappa shape index (κ1) is 15.8. The molecule has 0 spiro atoms. The van der Waals surface area contributed by atoms with Crippen LogP contribution in [0.1, 0.15) is 58.8 Å². The van der Waals surface area contributed by atoms with Crippen molar-refractivity contribution >= 4 is 22.5 Å². The van der Waals surface area contributed by atoms with Crippen LogP contribution in [0.5, 0.6) is 0 Å². The molecule has 0 saturated heterocycles. The Morgan fingerprint density at radius 1 is 1.45 bits per heavy atom. The summed E-state index contributed by atoms with van der Waals surface area (Å²) in [5, 5.41) is 8.28. The van der Waals surface area contributed by atoms with E-state index >= 15 is 0 Å². The lowest BCUT2D eigenvalue weighted by molar-refractivity contribution is -0.000356. The summed E-state index contributed by atoms with van der Waals surface area (Å²) in [5.74, 6) is 0.904. The van der Waals surface area contributed by atoms with Crippen molar-refractivity contribution in [3.05, 3.63) is 11.6 Å². The zero-order valence-electron chi connectivity index (χ0n) is 13.7. The fourth-order valence-corrected chi connectivity index (χ4v) is 5.47. The van der Waals surface area contributed by atoms with Crippen molar-refractivity contribution in [1.82, 2.24) is 10.3 Å². The van der Waals surface area contributed by atoms with Crippen LogP contribution in [0.2, 0.25) is 0 Å². The Labute approximate surface area is 137 Å². The van der Waals surface area contributed by atoms with Crippen LogP contribution in [0.15, 0.2) is 11.6 Å². The monoisotopic (exact) mass is 321 g/mol. The summed E-state index contributed by atoms with van der Waals surface area (Å²) in [6.07, 6.45) is 11.0. The van der Waals surface area contributed by atoms with E-state index in [4.69, 9.17) is 0 Å². The number of urea groups is 1. The van der Waals surface area contributed by atoms with E-state index in [2.05, 4.69) is 29.5 Å². The van der Waals surface area contributed by atoms with Gasteiger partial charge in [-0.05, 0) is 48.9 Å². The fraction of sp³-hybridized carbons (Fsp3) is 0.765. The highest BCUT2D eigenvalue weighted by Crippen LogP contribution is 2.56. The molecule has 22 heavy (non-hydrogen) atoms. The van der Waals surface area contributed by atoms with Crippen LogP contribution in [-0.2, 0) is 0 Å². The first-order valence-corrected chi connectivity index (χ1v) is 9.29. The number of hydrogen-bond donors (Lipinski definition) is 2. The summed E-state index contributed by atoms with van der Waals surface area (Å²) in [5.41, 5.74) is 0.922. The normalized spacial score (nSPS) is 34.2. The summed E-state index contributed by atoms with van der Waals surface area (Å²) in [7, 11) is 0. The van der Waals surface area contributed by atoms with E-state index in [1.165, 1.54) is 49.9 Å². The molecule has 1 heterocycles. The minimum Gasteiger partial charge on any atom is -0.338 e. The van der Waals surface area contributed by atoms with Gasteiger partial charge in [-0.3, -0.25) is 5.32 Å². The van der Waals surface area contributed by atoms with Crippen molar-refractivity contribution < 1.29 is 4.79 Å². The summed E-state index contributed by atoms with van der Waals surface area (Å²) >= 11 is 1.44. The minimum atomic E-state index is -0.138. The lowest BCUT2D eigenvalue weighted by atomic mass is 9.54. The Kier molecular flexibility index (Phi) is 4.44. The molecule has 3 unspecified atom stereocenters. The molecular weight excluding hydrogens is 294 g/mol. The lowest BCUT2D eigenvalue weighted by Gasteiger charge is -2.51. The second kappa shape index (κ2) is 6.19. The summed E-state index contributed by atoms with van der Waals surface area (Å²) in [6.45, 7) is 5.64. The van der Waals surface area contributed by atoms with E-state index in [0.29, 0.717) is 16.0 Å². The first-order valence-electron chi connectivity index (χ1n) is 8.41. The van der Waals surface area contributed by atoms with Crippen LogP contribution >= 0.6 is 11.3 Å². The van der Waals surface area contributed by atoms with Crippen molar-refractivity contribution in [1.29, 1.82) is 0 Å². The number of carbonyl (C=O) groups excluding carboxylic acids is 1. The average Bonchev–Trinajstić information content (AvgIpc) is 2.89. The molecule has 122 valence electrons. The number of fused-ring (bicyclic) bond motifs is 2. The molecule has 1 aromatic heterocycles. The molecule has 0 aliphatic heterocycles. The molecule has 1 aromatic rings. The molecule has 2 N–H and O–H groups in total. The molecule has 3 atom stereocenters. The van der Waals surface area contributed by atoms with E-state index in [1.54, 1.807) is 6.20 Å². The standard InChI is InChI=1S/C17H27N3OS/c1-16-5-3-4-13(10-16)11-17(2,12-16)6-7-18-14(21)20-15-19-8-9-22-15/h8-9,13H,3-7,10-12H2,1-2H3,(H2,18,19,20,21). The largest absolute Gasteiger partial charge is 0.338 e. The molecule has 2 fully saturated rings. The van der Waals surface area contributed by atoms with Gasteiger partial charge in [0.25, 0.3) is 0 Å². The number of anilines is 1. The third kappa shape index (κ3) is 3.80. The summed E-state index contributed by atoms with van der Waals surface area (Å²) in [4.78, 5) is 15.9. The minimum absolute atomic E-state index is 0.138. The van der Waals surface area contributed by atoms with Crippen molar-refractivity contribution in [2.45, 2.75) is 58.8 Å². The van der Waals surface area contributed by atoms with Crippen LogP contribution in [0.4, 0.5) is 9.93 Å². The number of amides is 2. The molecular formula is C17H27N3OS. The average molecular weight is 321 g/mol. The van der Waals surface area contributed by atoms with Crippen LogP contribution in [0, 0.1) is 16.7 Å². The van der Waals surface area contributed by atoms with E-state index < -0.39 is 0 Å². The Hall–Kier alpha value is -1.10. The van der Waals surface area contributed by atoms with E-state index in [1.807, 2.05) is 5.38 Å². The molecule has 0 radical (unpaired) electrons. The van der Waals surface area contributed by atoms with E-state index in [0.717, 1.165) is 18.9 Å². The Morgan fingerprint density at radius 3 is 3.05 bits per heavy atom. The summed E-state index contributed by atoms with van der Waals surface area (Å²) in [6, 6.07) is -0.138. The number of hydrogen-bond acceptors (Lipinski definition) is 3. The van der Waals surface area contributed by atoms with Gasteiger partial charge in [0, 0.05) is 18.1 Å². The molecule has 4 nitrogen and oxygen atoms in total. The highest BCUT2D eigenvalue weighted by atomic mass is 32.1. The van der Waals surface area contributed by atoms with E-state index in [-0.39, 0.29) is 6.03 Å². The van der Waals surface area contributed by atoms with Crippen LogP contribution < -0.4 is 10.6 Å². The molecule has 2 amide bonds. The van der Waals surface area contributed by atoms with Gasteiger partial charge in [-0.1, -0.05) is 26.7 Å². The maximum absolute atomic E-state index is 11.9. The first-order chi connectivity index (χ1) is 10.5. The maximum Gasteiger partial charge on any atom is 0.321 e. The molecule has 2 saturated carbocycles. The number of nitrogens with zero attached hydrogens (tertiary/aromatic N) is 1. The van der Waals surface area contributed by atoms with Gasteiger partial charge in [-0.15, -0.1) is 11.3 Å². The van der Waals surface area contributed by atoms with Crippen molar-refractivity contribution in [2.24, 2.45) is 16.7 Å². The van der Waals surface area contributed by atoms with Crippen molar-refractivity contribution in [2.75, 3.05) is 11.9 Å². The molecule has 2 aliphatic rings. The smallest absolute Gasteiger partial charge is 0.321 e. The molecule has 5 heteroatoms. The highest BCUT2D eigenvalue weighted by molar-refractivity contribution is 7.13. The van der Waals surface area contributed by atoms with Gasteiger partial charge in [0.2, 0.25) is 0 Å². The number of nitrogens with one attached hydrogen (secondary N) is 2. The van der Waals surface area contributed by atoms with Gasteiger partial charge in [0.05, 0.1) is 0 Å². The van der Waals surface area contributed by atoms with Crippen LogP contribution in [-0.4, -0.2) is 17.6 Å². The topological polar surface area (TPSA) is 54.0 Å². The third-order valence-electron chi connectivity index (χ3n) is 5.48. The van der Waals surface area contributed by atoms with Crippen LogP contribution in [0.25, 0.3) is 0 Å². The van der Waals surface area contributed by atoms with Gasteiger partial charge in [-0.25, -0.2) is 9.78 Å². The zero-order valence-corrected chi connectivity index (χ0v) is 14.5. The SMILES string of the molecule is CC12CCCC(C1)CC(C)(CCNC(=O)Nc1nccs1)C2. The number of carbonyl (C=O) groups is 1. The quantitative estimate of drug-likeness (QED) is 0.848. The van der Waals surface area contributed by atoms with Crippen molar-refractivity contribution in [3.63, 3.8) is 0 Å². The maximum atomic E-state index is 11.9. The van der Waals surface area contributed by atoms with Gasteiger partial charge in [0.15, 0.2) is 5.13 Å². The zero-order chi connectivity index (χ0) is 15.6. The number of thiazole rings is 1. The summed E-state index contributed by atoms with van der Waals surface area (Å²) < 4.78 is 0. The molecule has 0 aromatic carbocycles. The molecule has 2 bridgehead atoms. The molecule has 2 aliphatic carbocycles. The Balaban J connectivity index is 1.47.